The number of nitrogens with one attached hydrogen (secondary N) is 1. The lowest BCUT2D eigenvalue weighted by atomic mass is 9.95. The molecule has 1 aromatic heterocycles. The van der Waals surface area contributed by atoms with Crippen molar-refractivity contribution in [3.05, 3.63) is 52.0 Å². The molecule has 2 saturated heterocycles. The first-order chi connectivity index (χ1) is 15.9. The SMILES string of the molecule is Cc1ccc(-n2c(N3CCC(C(=O)NC4CCOC4)CC3)nc3cc(C)c(Cl)cc32)cc1C. The fourth-order valence-corrected chi connectivity index (χ4v) is 4.99. The monoisotopic (exact) mass is 466 g/mol. The number of aryl methyl sites for hydroxylation is 3. The van der Waals surface area contributed by atoms with Gasteiger partial charge in [0.2, 0.25) is 11.9 Å². The molecule has 0 aliphatic carbocycles. The highest BCUT2D eigenvalue weighted by Gasteiger charge is 2.30. The zero-order valence-electron chi connectivity index (χ0n) is 19.5. The second kappa shape index (κ2) is 8.99. The van der Waals surface area contributed by atoms with Crippen LogP contribution in [0.4, 0.5) is 5.95 Å². The summed E-state index contributed by atoms with van der Waals surface area (Å²) in [5.74, 6) is 1.12. The van der Waals surface area contributed by atoms with Gasteiger partial charge in [-0.2, -0.15) is 0 Å². The molecule has 174 valence electrons. The first kappa shape index (κ1) is 22.2. The summed E-state index contributed by atoms with van der Waals surface area (Å²) >= 11 is 6.51. The highest BCUT2D eigenvalue weighted by Crippen LogP contribution is 2.33. The van der Waals surface area contributed by atoms with Crippen molar-refractivity contribution in [2.24, 2.45) is 5.92 Å². The molecule has 2 aliphatic rings. The van der Waals surface area contributed by atoms with Gasteiger partial charge in [-0.25, -0.2) is 4.98 Å². The van der Waals surface area contributed by atoms with Crippen LogP contribution in [-0.2, 0) is 9.53 Å². The number of benzene rings is 2. The summed E-state index contributed by atoms with van der Waals surface area (Å²) in [6, 6.07) is 10.7. The molecular weight excluding hydrogens is 436 g/mol. The lowest BCUT2D eigenvalue weighted by Crippen LogP contribution is -2.44. The van der Waals surface area contributed by atoms with Crippen LogP contribution in [0.15, 0.2) is 30.3 Å². The van der Waals surface area contributed by atoms with Crippen LogP contribution in [0.25, 0.3) is 16.7 Å². The van der Waals surface area contributed by atoms with E-state index in [0.29, 0.717) is 6.61 Å². The van der Waals surface area contributed by atoms with Crippen molar-refractivity contribution in [1.29, 1.82) is 0 Å². The lowest BCUT2D eigenvalue weighted by Gasteiger charge is -2.33. The van der Waals surface area contributed by atoms with Gasteiger partial charge < -0.3 is 15.0 Å². The van der Waals surface area contributed by atoms with Crippen molar-refractivity contribution in [1.82, 2.24) is 14.9 Å². The molecule has 1 atom stereocenters. The predicted molar refractivity (Wildman–Crippen MR) is 133 cm³/mol. The van der Waals surface area contributed by atoms with E-state index in [2.05, 4.69) is 52.9 Å². The number of imidazole rings is 1. The van der Waals surface area contributed by atoms with Gasteiger partial charge >= 0.3 is 0 Å². The molecule has 1 amide bonds. The molecule has 7 heteroatoms. The Hall–Kier alpha value is -2.57. The average molecular weight is 467 g/mol. The third-order valence-electron chi connectivity index (χ3n) is 7.09. The Morgan fingerprint density at radius 1 is 1.06 bits per heavy atom. The van der Waals surface area contributed by atoms with Gasteiger partial charge in [0, 0.05) is 36.3 Å². The summed E-state index contributed by atoms with van der Waals surface area (Å²) in [4.78, 5) is 20.1. The molecule has 2 aromatic carbocycles. The summed E-state index contributed by atoms with van der Waals surface area (Å²) < 4.78 is 7.60. The van der Waals surface area contributed by atoms with Crippen molar-refractivity contribution in [2.75, 3.05) is 31.2 Å². The average Bonchev–Trinajstić information content (AvgIpc) is 3.44. The fourth-order valence-electron chi connectivity index (χ4n) is 4.83. The molecule has 1 unspecified atom stereocenters. The Morgan fingerprint density at radius 3 is 2.55 bits per heavy atom. The number of nitrogens with zero attached hydrogens (tertiary/aromatic N) is 3. The zero-order valence-corrected chi connectivity index (χ0v) is 20.3. The minimum Gasteiger partial charge on any atom is -0.379 e. The first-order valence-corrected chi connectivity index (χ1v) is 12.2. The van der Waals surface area contributed by atoms with Gasteiger partial charge in [0.05, 0.1) is 23.7 Å². The molecule has 2 fully saturated rings. The van der Waals surface area contributed by atoms with Crippen LogP contribution in [-0.4, -0.2) is 47.8 Å². The number of fused-ring (bicyclic) bond motifs is 1. The van der Waals surface area contributed by atoms with E-state index >= 15 is 0 Å². The van der Waals surface area contributed by atoms with Crippen LogP contribution in [0, 0.1) is 26.7 Å². The molecule has 33 heavy (non-hydrogen) atoms. The van der Waals surface area contributed by atoms with Gasteiger partial charge in [-0.1, -0.05) is 17.7 Å². The number of carbonyl (C=O) groups is 1. The van der Waals surface area contributed by atoms with E-state index in [9.17, 15) is 4.79 Å². The van der Waals surface area contributed by atoms with Crippen molar-refractivity contribution < 1.29 is 9.53 Å². The third kappa shape index (κ3) is 4.34. The molecule has 0 radical (unpaired) electrons. The predicted octanol–water partition coefficient (Wildman–Crippen LogP) is 4.73. The normalized spacial score (nSPS) is 19.4. The maximum absolute atomic E-state index is 12.8. The minimum absolute atomic E-state index is 0.0398. The summed E-state index contributed by atoms with van der Waals surface area (Å²) in [5.41, 5.74) is 6.54. The molecule has 5 rings (SSSR count). The van der Waals surface area contributed by atoms with Gasteiger partial charge in [-0.15, -0.1) is 0 Å². The summed E-state index contributed by atoms with van der Waals surface area (Å²) in [7, 11) is 0. The van der Waals surface area contributed by atoms with Gasteiger partial charge in [0.25, 0.3) is 0 Å². The Morgan fingerprint density at radius 2 is 1.85 bits per heavy atom. The number of hydrogen-bond donors (Lipinski definition) is 1. The molecule has 1 N–H and O–H groups in total. The smallest absolute Gasteiger partial charge is 0.223 e. The highest BCUT2D eigenvalue weighted by molar-refractivity contribution is 6.32. The Bertz CT molecular complexity index is 1190. The Labute approximate surface area is 199 Å². The Balaban J connectivity index is 1.44. The number of rotatable bonds is 4. The number of amides is 1. The first-order valence-electron chi connectivity index (χ1n) is 11.8. The van der Waals surface area contributed by atoms with Crippen LogP contribution in [0.3, 0.4) is 0 Å². The largest absolute Gasteiger partial charge is 0.379 e. The molecule has 0 bridgehead atoms. The van der Waals surface area contributed by atoms with E-state index in [1.807, 2.05) is 13.0 Å². The third-order valence-corrected chi connectivity index (χ3v) is 7.50. The number of aromatic nitrogens is 2. The lowest BCUT2D eigenvalue weighted by molar-refractivity contribution is -0.126. The van der Waals surface area contributed by atoms with Crippen molar-refractivity contribution in [3.63, 3.8) is 0 Å². The fraction of sp³-hybridized carbons (Fsp3) is 0.462. The second-order valence-corrected chi connectivity index (χ2v) is 9.84. The van der Waals surface area contributed by atoms with Crippen LogP contribution in [0.5, 0.6) is 0 Å². The quantitative estimate of drug-likeness (QED) is 0.604. The van der Waals surface area contributed by atoms with Gasteiger partial charge in [0.15, 0.2) is 0 Å². The number of ether oxygens (including phenoxy) is 1. The number of anilines is 1. The maximum Gasteiger partial charge on any atom is 0.223 e. The molecule has 6 nitrogen and oxygen atoms in total. The minimum atomic E-state index is 0.0398. The number of halogens is 1. The molecular formula is C26H31ClN4O2. The van der Waals surface area contributed by atoms with Crippen LogP contribution in [0.1, 0.15) is 36.0 Å². The van der Waals surface area contributed by atoms with Crippen LogP contribution < -0.4 is 10.2 Å². The second-order valence-electron chi connectivity index (χ2n) is 9.44. The molecule has 3 aromatic rings. The van der Waals surface area contributed by atoms with E-state index in [-0.39, 0.29) is 17.9 Å². The summed E-state index contributed by atoms with van der Waals surface area (Å²) in [5, 5.41) is 3.91. The van der Waals surface area contributed by atoms with Crippen LogP contribution in [0.2, 0.25) is 5.02 Å². The van der Waals surface area contributed by atoms with Gasteiger partial charge in [-0.3, -0.25) is 9.36 Å². The molecule has 2 aliphatic heterocycles. The van der Waals surface area contributed by atoms with E-state index in [4.69, 9.17) is 21.3 Å². The van der Waals surface area contributed by atoms with E-state index in [0.717, 1.165) is 72.2 Å². The topological polar surface area (TPSA) is 59.4 Å². The molecule has 3 heterocycles. The van der Waals surface area contributed by atoms with Crippen molar-refractivity contribution in [2.45, 2.75) is 46.1 Å². The van der Waals surface area contributed by atoms with Crippen LogP contribution >= 0.6 is 11.6 Å². The van der Waals surface area contributed by atoms with E-state index in [1.54, 1.807) is 0 Å². The summed E-state index contributed by atoms with van der Waals surface area (Å²) in [6.45, 7) is 9.22. The number of carbonyl (C=O) groups excluding carboxylic acids is 1. The standard InChI is InChI=1S/C26H31ClN4O2/c1-16-4-5-21(12-17(16)2)31-24-14-22(27)18(3)13-23(24)29-26(31)30-9-6-19(7-10-30)25(32)28-20-8-11-33-15-20/h4-5,12-14,19-20H,6-11,15H2,1-3H3,(H,28,32). The zero-order chi connectivity index (χ0) is 23.1. The number of hydrogen-bond acceptors (Lipinski definition) is 4. The number of piperidine rings is 1. The van der Waals surface area contributed by atoms with Crippen molar-refractivity contribution in [3.8, 4) is 5.69 Å². The van der Waals surface area contributed by atoms with Gasteiger partial charge in [-0.05, 0) is 81.0 Å². The molecule has 0 spiro atoms. The maximum atomic E-state index is 12.8. The van der Waals surface area contributed by atoms with Gasteiger partial charge in [0.1, 0.15) is 0 Å². The molecule has 0 saturated carbocycles. The van der Waals surface area contributed by atoms with E-state index in [1.165, 1.54) is 11.1 Å². The van der Waals surface area contributed by atoms with Crippen molar-refractivity contribution >= 4 is 34.5 Å². The highest BCUT2D eigenvalue weighted by atomic mass is 35.5. The summed E-state index contributed by atoms with van der Waals surface area (Å²) in [6.07, 6.45) is 2.54. The Kier molecular flexibility index (Phi) is 6.06. The van der Waals surface area contributed by atoms with E-state index < -0.39 is 0 Å².